The zero-order valence-corrected chi connectivity index (χ0v) is 7.74. The predicted molar refractivity (Wildman–Crippen MR) is 54.5 cm³/mol. The highest BCUT2D eigenvalue weighted by Gasteiger charge is 1.95. The van der Waals surface area contributed by atoms with Crippen LogP contribution in [-0.2, 0) is 0 Å². The topological polar surface area (TPSA) is 76.8 Å². The van der Waals surface area contributed by atoms with E-state index in [9.17, 15) is 4.39 Å². The standard InChI is InChI=1S/C9H11FN4/c1-6-4-7(2-3-8(6)10)5-13-14-9(11)12/h2-5H,1H3,(H4,11,12,14)/b13-5+. The molecule has 5 heteroatoms. The van der Waals surface area contributed by atoms with E-state index < -0.39 is 0 Å². The molecular weight excluding hydrogens is 183 g/mol. The van der Waals surface area contributed by atoms with Crippen molar-refractivity contribution in [2.24, 2.45) is 21.7 Å². The average Bonchev–Trinajstić information content (AvgIpc) is 2.10. The summed E-state index contributed by atoms with van der Waals surface area (Å²) >= 11 is 0. The summed E-state index contributed by atoms with van der Waals surface area (Å²) in [6, 6.07) is 4.61. The number of hydrogen-bond donors (Lipinski definition) is 2. The van der Waals surface area contributed by atoms with Crippen molar-refractivity contribution in [1.82, 2.24) is 0 Å². The molecule has 4 N–H and O–H groups in total. The lowest BCUT2D eigenvalue weighted by atomic mass is 10.1. The van der Waals surface area contributed by atoms with E-state index >= 15 is 0 Å². The van der Waals surface area contributed by atoms with Gasteiger partial charge in [-0.05, 0) is 30.2 Å². The van der Waals surface area contributed by atoms with Crippen molar-refractivity contribution in [3.63, 3.8) is 0 Å². The Bertz CT molecular complexity index is 380. The Labute approximate surface area is 81.1 Å². The molecule has 14 heavy (non-hydrogen) atoms. The van der Waals surface area contributed by atoms with Crippen molar-refractivity contribution in [1.29, 1.82) is 0 Å². The molecule has 0 fully saturated rings. The second-order valence-electron chi connectivity index (χ2n) is 2.78. The molecule has 0 bridgehead atoms. The molecule has 4 nitrogen and oxygen atoms in total. The molecule has 0 atom stereocenters. The van der Waals surface area contributed by atoms with Crippen LogP contribution in [0.4, 0.5) is 4.39 Å². The van der Waals surface area contributed by atoms with Gasteiger partial charge in [-0.3, -0.25) is 0 Å². The second-order valence-corrected chi connectivity index (χ2v) is 2.78. The zero-order valence-electron chi connectivity index (χ0n) is 7.74. The number of benzene rings is 1. The van der Waals surface area contributed by atoms with Crippen LogP contribution in [0.1, 0.15) is 11.1 Å². The van der Waals surface area contributed by atoms with Crippen molar-refractivity contribution in [3.05, 3.63) is 35.1 Å². The molecule has 0 amide bonds. The molecular formula is C9H11FN4. The summed E-state index contributed by atoms with van der Waals surface area (Å²) in [6.45, 7) is 1.67. The lowest BCUT2D eigenvalue weighted by molar-refractivity contribution is 0.618. The molecule has 1 aromatic carbocycles. The maximum absolute atomic E-state index is 12.8. The van der Waals surface area contributed by atoms with Crippen LogP contribution in [0, 0.1) is 12.7 Å². The molecule has 0 spiro atoms. The van der Waals surface area contributed by atoms with Gasteiger partial charge in [0.1, 0.15) is 5.82 Å². The Morgan fingerprint density at radius 1 is 1.43 bits per heavy atom. The maximum atomic E-state index is 12.8. The quantitative estimate of drug-likeness (QED) is 0.414. The summed E-state index contributed by atoms with van der Waals surface area (Å²) in [5, 5.41) is 7.02. The summed E-state index contributed by atoms with van der Waals surface area (Å²) < 4.78 is 12.8. The normalized spacial score (nSPS) is 10.4. The van der Waals surface area contributed by atoms with Crippen molar-refractivity contribution in [2.75, 3.05) is 0 Å². The van der Waals surface area contributed by atoms with E-state index in [2.05, 4.69) is 10.2 Å². The van der Waals surface area contributed by atoms with Crippen LogP contribution in [0.3, 0.4) is 0 Å². The van der Waals surface area contributed by atoms with Crippen molar-refractivity contribution in [2.45, 2.75) is 6.92 Å². The molecule has 0 saturated carbocycles. The van der Waals surface area contributed by atoms with E-state index in [0.717, 1.165) is 5.56 Å². The van der Waals surface area contributed by atoms with Crippen molar-refractivity contribution in [3.8, 4) is 0 Å². The van der Waals surface area contributed by atoms with Gasteiger partial charge in [-0.15, -0.1) is 5.10 Å². The van der Waals surface area contributed by atoms with Crippen LogP contribution in [0.15, 0.2) is 28.4 Å². The third-order valence-electron chi connectivity index (χ3n) is 1.56. The van der Waals surface area contributed by atoms with E-state index in [-0.39, 0.29) is 11.8 Å². The number of guanidine groups is 1. The van der Waals surface area contributed by atoms with Gasteiger partial charge < -0.3 is 11.5 Å². The Balaban J connectivity index is 2.83. The van der Waals surface area contributed by atoms with E-state index in [1.165, 1.54) is 12.3 Å². The molecule has 0 aliphatic rings. The molecule has 0 saturated heterocycles. The summed E-state index contributed by atoms with van der Waals surface area (Å²) in [6.07, 6.45) is 1.45. The first-order chi connectivity index (χ1) is 6.59. The molecule has 74 valence electrons. The lowest BCUT2D eigenvalue weighted by Crippen LogP contribution is -2.21. The Kier molecular flexibility index (Phi) is 3.17. The van der Waals surface area contributed by atoms with Gasteiger partial charge in [-0.1, -0.05) is 6.07 Å². The minimum atomic E-state index is -0.246. The first kappa shape index (κ1) is 10.2. The van der Waals surface area contributed by atoms with Gasteiger partial charge in [-0.25, -0.2) is 4.39 Å². The number of aryl methyl sites for hydroxylation is 1. The van der Waals surface area contributed by atoms with Crippen molar-refractivity contribution >= 4 is 12.2 Å². The van der Waals surface area contributed by atoms with Gasteiger partial charge in [0.15, 0.2) is 0 Å². The molecule has 1 rings (SSSR count). The second kappa shape index (κ2) is 4.36. The average molecular weight is 194 g/mol. The highest BCUT2D eigenvalue weighted by Crippen LogP contribution is 2.07. The third-order valence-corrected chi connectivity index (χ3v) is 1.56. The predicted octanol–water partition coefficient (Wildman–Crippen LogP) is 0.741. The van der Waals surface area contributed by atoms with Crippen LogP contribution in [0.5, 0.6) is 0 Å². The molecule has 0 aliphatic carbocycles. The highest BCUT2D eigenvalue weighted by molar-refractivity contribution is 5.81. The zero-order chi connectivity index (χ0) is 10.6. The number of nitrogens with zero attached hydrogens (tertiary/aromatic N) is 2. The van der Waals surface area contributed by atoms with E-state index in [1.54, 1.807) is 19.1 Å². The molecule has 0 heterocycles. The minimum Gasteiger partial charge on any atom is -0.369 e. The third kappa shape index (κ3) is 2.85. The van der Waals surface area contributed by atoms with E-state index in [0.29, 0.717) is 5.56 Å². The Morgan fingerprint density at radius 3 is 2.71 bits per heavy atom. The fourth-order valence-corrected chi connectivity index (χ4v) is 0.910. The van der Waals surface area contributed by atoms with Gasteiger partial charge in [0.2, 0.25) is 5.96 Å². The molecule has 0 aliphatic heterocycles. The van der Waals surface area contributed by atoms with Gasteiger partial charge >= 0.3 is 0 Å². The van der Waals surface area contributed by atoms with Gasteiger partial charge in [0.05, 0.1) is 6.21 Å². The van der Waals surface area contributed by atoms with E-state index in [1.807, 2.05) is 0 Å². The minimum absolute atomic E-state index is 0.111. The molecule has 0 unspecified atom stereocenters. The number of nitrogens with two attached hydrogens (primary N) is 2. The lowest BCUT2D eigenvalue weighted by Gasteiger charge is -1.96. The fourth-order valence-electron chi connectivity index (χ4n) is 0.910. The number of halogens is 1. The van der Waals surface area contributed by atoms with Crippen LogP contribution < -0.4 is 11.5 Å². The number of hydrogen-bond acceptors (Lipinski definition) is 2. The summed E-state index contributed by atoms with van der Waals surface area (Å²) in [7, 11) is 0. The molecule has 1 aromatic rings. The van der Waals surface area contributed by atoms with Crippen LogP contribution in [0.2, 0.25) is 0 Å². The van der Waals surface area contributed by atoms with Crippen LogP contribution >= 0.6 is 0 Å². The SMILES string of the molecule is Cc1cc(/C=N/N=C(N)N)ccc1F. The summed E-state index contributed by atoms with van der Waals surface area (Å²) in [5.41, 5.74) is 11.4. The Hall–Kier alpha value is -1.91. The largest absolute Gasteiger partial charge is 0.369 e. The Morgan fingerprint density at radius 2 is 2.14 bits per heavy atom. The van der Waals surface area contributed by atoms with Crippen LogP contribution in [-0.4, -0.2) is 12.2 Å². The highest BCUT2D eigenvalue weighted by atomic mass is 19.1. The van der Waals surface area contributed by atoms with Crippen LogP contribution in [0.25, 0.3) is 0 Å². The number of rotatable bonds is 2. The first-order valence-electron chi connectivity index (χ1n) is 3.97. The molecule has 0 radical (unpaired) electrons. The fraction of sp³-hybridized carbons (Fsp3) is 0.111. The summed E-state index contributed by atoms with van der Waals surface area (Å²) in [5.74, 6) is -0.357. The van der Waals surface area contributed by atoms with Gasteiger partial charge in [0, 0.05) is 0 Å². The summed E-state index contributed by atoms with van der Waals surface area (Å²) in [4.78, 5) is 0. The monoisotopic (exact) mass is 194 g/mol. The van der Waals surface area contributed by atoms with E-state index in [4.69, 9.17) is 11.5 Å². The smallest absolute Gasteiger partial charge is 0.211 e. The maximum Gasteiger partial charge on any atom is 0.211 e. The first-order valence-corrected chi connectivity index (χ1v) is 3.97. The van der Waals surface area contributed by atoms with Crippen molar-refractivity contribution < 1.29 is 4.39 Å². The van der Waals surface area contributed by atoms with Gasteiger partial charge in [0.25, 0.3) is 0 Å². The van der Waals surface area contributed by atoms with Gasteiger partial charge in [-0.2, -0.15) is 5.10 Å². The molecule has 0 aromatic heterocycles.